The maximum absolute atomic E-state index is 13.1. The largest absolute Gasteiger partial charge is 0.497 e. The molecule has 7 heteroatoms. The Bertz CT molecular complexity index is 1380. The van der Waals surface area contributed by atoms with Gasteiger partial charge in [-0.05, 0) is 66.3 Å². The molecule has 3 aromatic rings. The van der Waals surface area contributed by atoms with Crippen molar-refractivity contribution < 1.29 is 24.1 Å². The van der Waals surface area contributed by atoms with Gasteiger partial charge in [0.25, 0.3) is 0 Å². The molecule has 4 atom stereocenters. The van der Waals surface area contributed by atoms with Gasteiger partial charge in [-0.25, -0.2) is 0 Å². The molecule has 7 nitrogen and oxygen atoms in total. The van der Waals surface area contributed by atoms with Crippen LogP contribution in [0.5, 0.6) is 5.75 Å². The van der Waals surface area contributed by atoms with Crippen LogP contribution in [0.3, 0.4) is 0 Å². The van der Waals surface area contributed by atoms with Crippen LogP contribution in [0.25, 0.3) is 0 Å². The molecule has 0 bridgehead atoms. The summed E-state index contributed by atoms with van der Waals surface area (Å²) in [6.07, 6.45) is 6.57. The van der Waals surface area contributed by atoms with E-state index in [0.717, 1.165) is 75.3 Å². The van der Waals surface area contributed by atoms with Crippen LogP contribution in [0.15, 0.2) is 84.9 Å². The molecule has 0 radical (unpaired) electrons. The van der Waals surface area contributed by atoms with Crippen LogP contribution in [-0.4, -0.2) is 79.0 Å². The first-order valence-corrected chi connectivity index (χ1v) is 17.6. The van der Waals surface area contributed by atoms with E-state index in [2.05, 4.69) is 52.3 Å². The van der Waals surface area contributed by atoms with Crippen molar-refractivity contribution in [3.05, 3.63) is 102 Å². The van der Waals surface area contributed by atoms with Crippen molar-refractivity contribution in [1.82, 2.24) is 9.80 Å². The molecule has 47 heavy (non-hydrogen) atoms. The van der Waals surface area contributed by atoms with Crippen LogP contribution in [0.2, 0.25) is 0 Å². The van der Waals surface area contributed by atoms with Gasteiger partial charge in [-0.15, -0.1) is 0 Å². The molecule has 2 heterocycles. The average Bonchev–Trinajstić information content (AvgIpc) is 3.53. The molecule has 2 saturated heterocycles. The summed E-state index contributed by atoms with van der Waals surface area (Å²) in [5.41, 5.74) is 2.76. The van der Waals surface area contributed by atoms with Crippen molar-refractivity contribution in [1.29, 1.82) is 0 Å². The van der Waals surface area contributed by atoms with Crippen molar-refractivity contribution in [3.8, 4) is 5.75 Å². The van der Waals surface area contributed by atoms with Crippen LogP contribution in [-0.2, 0) is 27.5 Å². The highest BCUT2D eigenvalue weighted by molar-refractivity contribution is 5.69. The van der Waals surface area contributed by atoms with Crippen molar-refractivity contribution in [2.45, 2.75) is 75.7 Å². The molecule has 6 rings (SSSR count). The molecule has 0 amide bonds. The van der Waals surface area contributed by atoms with E-state index in [-0.39, 0.29) is 5.97 Å². The Morgan fingerprint density at radius 2 is 1.51 bits per heavy atom. The normalized spacial score (nSPS) is 25.0. The Labute approximate surface area is 280 Å². The van der Waals surface area contributed by atoms with Gasteiger partial charge in [-0.1, -0.05) is 85.6 Å². The zero-order valence-electron chi connectivity index (χ0n) is 28.0. The van der Waals surface area contributed by atoms with Crippen LogP contribution in [0.4, 0.5) is 0 Å². The summed E-state index contributed by atoms with van der Waals surface area (Å²) in [5.74, 6) is 1.98. The Balaban J connectivity index is 1.04. The highest BCUT2D eigenvalue weighted by atomic mass is 16.5. The second-order valence-corrected chi connectivity index (χ2v) is 14.1. The van der Waals surface area contributed by atoms with Crippen molar-refractivity contribution in [2.24, 2.45) is 11.8 Å². The van der Waals surface area contributed by atoms with Crippen LogP contribution < -0.4 is 4.74 Å². The quantitative estimate of drug-likeness (QED) is 0.216. The van der Waals surface area contributed by atoms with Gasteiger partial charge >= 0.3 is 5.97 Å². The molecule has 0 aromatic heterocycles. The number of benzene rings is 3. The predicted octanol–water partition coefficient (Wildman–Crippen LogP) is 6.45. The van der Waals surface area contributed by atoms with Crippen molar-refractivity contribution in [3.63, 3.8) is 0 Å². The topological polar surface area (TPSA) is 71.5 Å². The summed E-state index contributed by atoms with van der Waals surface area (Å²) in [7, 11) is 1.65. The summed E-state index contributed by atoms with van der Waals surface area (Å²) < 4.78 is 17.0. The number of esters is 1. The van der Waals surface area contributed by atoms with Crippen molar-refractivity contribution in [2.75, 3.05) is 46.4 Å². The van der Waals surface area contributed by atoms with E-state index in [1.54, 1.807) is 7.11 Å². The van der Waals surface area contributed by atoms with E-state index < -0.39 is 5.60 Å². The van der Waals surface area contributed by atoms with Crippen LogP contribution in [0.1, 0.15) is 67.6 Å². The Morgan fingerprint density at radius 1 is 0.830 bits per heavy atom. The van der Waals surface area contributed by atoms with E-state index >= 15 is 0 Å². The number of nitrogens with zero attached hydrogens (tertiary/aromatic N) is 2. The first kappa shape index (κ1) is 33.7. The number of hydrogen-bond acceptors (Lipinski definition) is 7. The zero-order valence-corrected chi connectivity index (χ0v) is 28.0. The molecule has 2 aliphatic heterocycles. The van der Waals surface area contributed by atoms with Gasteiger partial charge in [0.2, 0.25) is 0 Å². The van der Waals surface area contributed by atoms with Gasteiger partial charge in [-0.2, -0.15) is 0 Å². The van der Waals surface area contributed by atoms with E-state index in [9.17, 15) is 9.90 Å². The number of methoxy groups -OCH3 is 1. The first-order valence-electron chi connectivity index (χ1n) is 17.6. The van der Waals surface area contributed by atoms with E-state index in [4.69, 9.17) is 14.2 Å². The fraction of sp³-hybridized carbons (Fsp3) is 0.525. The van der Waals surface area contributed by atoms with Gasteiger partial charge in [0, 0.05) is 51.1 Å². The third-order valence-electron chi connectivity index (χ3n) is 10.8. The van der Waals surface area contributed by atoms with Gasteiger partial charge in [0.15, 0.2) is 0 Å². The smallest absolute Gasteiger partial charge is 0.306 e. The molecule has 3 aliphatic rings. The summed E-state index contributed by atoms with van der Waals surface area (Å²) in [6, 6.07) is 29.3. The van der Waals surface area contributed by atoms with E-state index in [0.29, 0.717) is 50.0 Å². The molecular formula is C40H52N2O5. The van der Waals surface area contributed by atoms with Gasteiger partial charge < -0.3 is 24.2 Å². The lowest BCUT2D eigenvalue weighted by atomic mass is 9.81. The summed E-state index contributed by atoms with van der Waals surface area (Å²) >= 11 is 0. The molecular weight excluding hydrogens is 588 g/mol. The Kier molecular flexibility index (Phi) is 11.6. The van der Waals surface area contributed by atoms with Crippen molar-refractivity contribution >= 4 is 5.97 Å². The van der Waals surface area contributed by atoms with Gasteiger partial charge in [0.1, 0.15) is 12.4 Å². The molecule has 0 spiro atoms. The zero-order chi connectivity index (χ0) is 32.5. The third kappa shape index (κ3) is 9.23. The fourth-order valence-corrected chi connectivity index (χ4v) is 8.06. The molecule has 3 aromatic carbocycles. The molecule has 1 aliphatic carbocycles. The maximum atomic E-state index is 13.1. The SMILES string of the molecule is COc1ccc(COC(=O)C[C@H]2CCCC[C@H]2N2CC(CN3CCC(O)(COCc4ccccc4)CC3)C(c3ccccc3)C2)cc1. The summed E-state index contributed by atoms with van der Waals surface area (Å²) in [6.45, 7) is 6.08. The molecule has 3 fully saturated rings. The lowest BCUT2D eigenvalue weighted by Gasteiger charge is -2.40. The van der Waals surface area contributed by atoms with Gasteiger partial charge in [-0.3, -0.25) is 9.69 Å². The number of carbonyl (C=O) groups is 1. The van der Waals surface area contributed by atoms with Crippen LogP contribution >= 0.6 is 0 Å². The lowest BCUT2D eigenvalue weighted by molar-refractivity contribution is -0.147. The minimum atomic E-state index is -0.761. The maximum Gasteiger partial charge on any atom is 0.306 e. The van der Waals surface area contributed by atoms with E-state index in [1.807, 2.05) is 42.5 Å². The number of hydrogen-bond donors (Lipinski definition) is 1. The Morgan fingerprint density at radius 3 is 2.23 bits per heavy atom. The van der Waals surface area contributed by atoms with E-state index in [1.165, 1.54) is 18.4 Å². The number of likely N-dealkylation sites (tertiary alicyclic amines) is 2. The van der Waals surface area contributed by atoms with Crippen LogP contribution in [0, 0.1) is 11.8 Å². The Hall–Kier alpha value is -3.23. The predicted molar refractivity (Wildman–Crippen MR) is 184 cm³/mol. The number of piperidine rings is 1. The average molecular weight is 641 g/mol. The molecule has 1 saturated carbocycles. The second-order valence-electron chi connectivity index (χ2n) is 14.1. The number of carbonyl (C=O) groups excluding carboxylic acids is 1. The fourth-order valence-electron chi connectivity index (χ4n) is 8.06. The molecule has 2 unspecified atom stereocenters. The number of aliphatic hydroxyl groups is 1. The summed E-state index contributed by atoms with van der Waals surface area (Å²) in [4.78, 5) is 18.3. The summed E-state index contributed by atoms with van der Waals surface area (Å²) in [5, 5.41) is 11.3. The van der Waals surface area contributed by atoms with Gasteiger partial charge in [0.05, 0.1) is 25.9 Å². The lowest BCUT2D eigenvalue weighted by Crippen LogP contribution is -2.48. The monoisotopic (exact) mass is 640 g/mol. The standard InChI is InChI=1S/C40H52N2O5/c1-45-36-18-16-32(17-19-36)29-47-39(43)24-34-14-8-9-15-38(34)42-26-35(37(27-42)33-12-6-3-7-13-33)25-41-22-20-40(44,21-23-41)30-46-28-31-10-4-2-5-11-31/h2-7,10-13,16-19,34-35,37-38,44H,8-9,14-15,20-30H2,1H3/t34-,35?,37?,38-/m1/s1. The highest BCUT2D eigenvalue weighted by Gasteiger charge is 2.42. The minimum Gasteiger partial charge on any atom is -0.497 e. The minimum absolute atomic E-state index is 0.0957. The number of rotatable bonds is 13. The highest BCUT2D eigenvalue weighted by Crippen LogP contribution is 2.40. The second kappa shape index (κ2) is 16.2. The first-order chi connectivity index (χ1) is 23.0. The molecule has 252 valence electrons. The number of ether oxygens (including phenoxy) is 3. The third-order valence-corrected chi connectivity index (χ3v) is 10.8. The molecule has 1 N–H and O–H groups in total.